The van der Waals surface area contributed by atoms with Crippen molar-refractivity contribution in [3.05, 3.63) is 53.2 Å². The third-order valence-electron chi connectivity index (χ3n) is 3.34. The molecule has 1 aromatic carbocycles. The Labute approximate surface area is 136 Å². The molecule has 2 rings (SSSR count). The second-order valence-corrected chi connectivity index (χ2v) is 5.70. The Hall–Kier alpha value is -2.47. The maximum Gasteiger partial charge on any atom is 0.272 e. The summed E-state index contributed by atoms with van der Waals surface area (Å²) in [5, 5.41) is 14.0. The highest BCUT2D eigenvalue weighted by molar-refractivity contribution is 5.92. The second kappa shape index (κ2) is 8.24. The van der Waals surface area contributed by atoms with E-state index in [0.717, 1.165) is 18.7 Å². The third-order valence-corrected chi connectivity index (χ3v) is 3.34. The number of likely N-dealkylation sites (N-methyl/N-ethyl adjacent to an activating group) is 1. The number of benzene rings is 1. The highest BCUT2D eigenvalue weighted by atomic mass is 16.1. The van der Waals surface area contributed by atoms with E-state index in [9.17, 15) is 4.79 Å². The second-order valence-electron chi connectivity index (χ2n) is 5.70. The van der Waals surface area contributed by atoms with Crippen LogP contribution in [0.3, 0.4) is 0 Å². The Morgan fingerprint density at radius 3 is 2.43 bits per heavy atom. The van der Waals surface area contributed by atoms with Gasteiger partial charge in [0, 0.05) is 19.6 Å². The minimum atomic E-state index is -0.224. The van der Waals surface area contributed by atoms with E-state index in [1.54, 1.807) is 12.1 Å². The number of hydrogen-bond donors (Lipinski definition) is 2. The van der Waals surface area contributed by atoms with Gasteiger partial charge in [0.15, 0.2) is 5.69 Å². The summed E-state index contributed by atoms with van der Waals surface area (Å²) in [6, 6.07) is 11.5. The van der Waals surface area contributed by atoms with E-state index in [1.165, 1.54) is 5.56 Å². The summed E-state index contributed by atoms with van der Waals surface area (Å²) < 4.78 is 0. The van der Waals surface area contributed by atoms with Crippen LogP contribution < -0.4 is 10.6 Å². The molecule has 2 N–H and O–H groups in total. The summed E-state index contributed by atoms with van der Waals surface area (Å²) in [6.07, 6.45) is 0. The molecule has 1 aromatic heterocycles. The average molecular weight is 313 g/mol. The lowest BCUT2D eigenvalue weighted by Gasteiger charge is -2.10. The van der Waals surface area contributed by atoms with Crippen LogP contribution in [0.15, 0.2) is 36.4 Å². The van der Waals surface area contributed by atoms with Crippen molar-refractivity contribution in [2.24, 2.45) is 0 Å². The highest BCUT2D eigenvalue weighted by Gasteiger charge is 2.08. The van der Waals surface area contributed by atoms with Crippen molar-refractivity contribution in [2.75, 3.05) is 32.5 Å². The van der Waals surface area contributed by atoms with E-state index in [1.807, 2.05) is 45.3 Å². The topological polar surface area (TPSA) is 70.2 Å². The van der Waals surface area contributed by atoms with Crippen LogP contribution in [0.25, 0.3) is 0 Å². The van der Waals surface area contributed by atoms with Crippen LogP contribution in [0.4, 0.5) is 5.82 Å². The molecule has 0 unspecified atom stereocenters. The van der Waals surface area contributed by atoms with Crippen molar-refractivity contribution >= 4 is 11.7 Å². The van der Waals surface area contributed by atoms with Gasteiger partial charge in [0.25, 0.3) is 5.91 Å². The molecule has 0 radical (unpaired) electrons. The molecule has 0 aliphatic carbocycles. The summed E-state index contributed by atoms with van der Waals surface area (Å²) >= 11 is 0. The fraction of sp³-hybridized carbons (Fsp3) is 0.353. The number of rotatable bonds is 7. The van der Waals surface area contributed by atoms with Crippen LogP contribution in [0.1, 0.15) is 21.6 Å². The lowest BCUT2D eigenvalue weighted by atomic mass is 10.1. The minimum absolute atomic E-state index is 0.224. The first kappa shape index (κ1) is 16.9. The van der Waals surface area contributed by atoms with E-state index in [2.05, 4.69) is 25.7 Å². The molecule has 0 saturated carbocycles. The van der Waals surface area contributed by atoms with Gasteiger partial charge >= 0.3 is 0 Å². The summed E-state index contributed by atoms with van der Waals surface area (Å²) in [4.78, 5) is 14.1. The zero-order valence-corrected chi connectivity index (χ0v) is 13.8. The third kappa shape index (κ3) is 5.67. The van der Waals surface area contributed by atoms with E-state index in [0.29, 0.717) is 18.1 Å². The highest BCUT2D eigenvalue weighted by Crippen LogP contribution is 2.04. The number of aryl methyl sites for hydroxylation is 1. The maximum atomic E-state index is 12.1. The fourth-order valence-electron chi connectivity index (χ4n) is 1.93. The standard InChI is InChI=1S/C17H23N5O/c1-13-4-6-14(7-5-13)12-19-17(23)15-8-9-16(21-20-15)18-10-11-22(2)3/h4-9H,10-12H2,1-3H3,(H,18,21)(H,19,23). The Bertz CT molecular complexity index is 622. The van der Waals surface area contributed by atoms with Gasteiger partial charge in [-0.2, -0.15) is 0 Å². The van der Waals surface area contributed by atoms with Crippen LogP contribution >= 0.6 is 0 Å². The van der Waals surface area contributed by atoms with Gasteiger partial charge in [0.05, 0.1) is 0 Å². The van der Waals surface area contributed by atoms with E-state index >= 15 is 0 Å². The van der Waals surface area contributed by atoms with Crippen molar-refractivity contribution in [1.82, 2.24) is 20.4 Å². The maximum absolute atomic E-state index is 12.1. The molecule has 6 heteroatoms. The van der Waals surface area contributed by atoms with Gasteiger partial charge in [-0.05, 0) is 38.7 Å². The molecular formula is C17H23N5O. The van der Waals surface area contributed by atoms with Gasteiger partial charge in [-0.3, -0.25) is 4.79 Å². The minimum Gasteiger partial charge on any atom is -0.367 e. The number of nitrogens with zero attached hydrogens (tertiary/aromatic N) is 3. The first-order valence-electron chi connectivity index (χ1n) is 7.60. The van der Waals surface area contributed by atoms with Crippen molar-refractivity contribution in [2.45, 2.75) is 13.5 Å². The van der Waals surface area contributed by atoms with Crippen LogP contribution in [0.2, 0.25) is 0 Å². The van der Waals surface area contributed by atoms with E-state index in [-0.39, 0.29) is 5.91 Å². The number of nitrogens with one attached hydrogen (secondary N) is 2. The summed E-state index contributed by atoms with van der Waals surface area (Å²) in [7, 11) is 4.02. The number of amides is 1. The number of carbonyl (C=O) groups excluding carboxylic acids is 1. The van der Waals surface area contributed by atoms with E-state index in [4.69, 9.17) is 0 Å². The van der Waals surface area contributed by atoms with Crippen molar-refractivity contribution in [3.8, 4) is 0 Å². The molecule has 0 saturated heterocycles. The zero-order chi connectivity index (χ0) is 16.7. The molecule has 0 bridgehead atoms. The molecule has 1 heterocycles. The predicted molar refractivity (Wildman–Crippen MR) is 91.4 cm³/mol. The zero-order valence-electron chi connectivity index (χ0n) is 13.8. The normalized spacial score (nSPS) is 10.6. The Balaban J connectivity index is 1.83. The van der Waals surface area contributed by atoms with Gasteiger partial charge in [0.2, 0.25) is 0 Å². The number of carbonyl (C=O) groups is 1. The van der Waals surface area contributed by atoms with Gasteiger partial charge in [0.1, 0.15) is 5.82 Å². The number of hydrogen-bond acceptors (Lipinski definition) is 5. The van der Waals surface area contributed by atoms with Crippen molar-refractivity contribution in [3.63, 3.8) is 0 Å². The lowest BCUT2D eigenvalue weighted by molar-refractivity contribution is 0.0945. The molecule has 1 amide bonds. The smallest absolute Gasteiger partial charge is 0.272 e. The quantitative estimate of drug-likeness (QED) is 0.814. The van der Waals surface area contributed by atoms with Crippen LogP contribution in [0, 0.1) is 6.92 Å². The molecular weight excluding hydrogens is 290 g/mol. The van der Waals surface area contributed by atoms with Gasteiger partial charge < -0.3 is 15.5 Å². The van der Waals surface area contributed by atoms with Crippen molar-refractivity contribution < 1.29 is 4.79 Å². The van der Waals surface area contributed by atoms with Crippen LogP contribution in [-0.4, -0.2) is 48.2 Å². The molecule has 6 nitrogen and oxygen atoms in total. The fourth-order valence-corrected chi connectivity index (χ4v) is 1.93. The van der Waals surface area contributed by atoms with E-state index < -0.39 is 0 Å². The summed E-state index contributed by atoms with van der Waals surface area (Å²) in [5.41, 5.74) is 2.57. The first-order valence-corrected chi connectivity index (χ1v) is 7.60. The van der Waals surface area contributed by atoms with Gasteiger partial charge in [-0.15, -0.1) is 10.2 Å². The average Bonchev–Trinajstić information content (AvgIpc) is 2.54. The lowest BCUT2D eigenvalue weighted by Crippen LogP contribution is -2.24. The van der Waals surface area contributed by atoms with Crippen LogP contribution in [0.5, 0.6) is 0 Å². The number of anilines is 1. The largest absolute Gasteiger partial charge is 0.367 e. The molecule has 0 fully saturated rings. The monoisotopic (exact) mass is 313 g/mol. The van der Waals surface area contributed by atoms with Gasteiger partial charge in [-0.25, -0.2) is 0 Å². The Morgan fingerprint density at radius 2 is 1.83 bits per heavy atom. The van der Waals surface area contributed by atoms with Crippen LogP contribution in [-0.2, 0) is 6.54 Å². The molecule has 122 valence electrons. The Morgan fingerprint density at radius 1 is 1.09 bits per heavy atom. The Kier molecular flexibility index (Phi) is 6.05. The molecule has 23 heavy (non-hydrogen) atoms. The SMILES string of the molecule is Cc1ccc(CNC(=O)c2ccc(NCCN(C)C)nn2)cc1. The summed E-state index contributed by atoms with van der Waals surface area (Å²) in [6.45, 7) is 4.19. The van der Waals surface area contributed by atoms with Gasteiger partial charge in [-0.1, -0.05) is 29.8 Å². The molecule has 2 aromatic rings. The number of aromatic nitrogens is 2. The molecule has 0 aliphatic heterocycles. The summed E-state index contributed by atoms with van der Waals surface area (Å²) in [5.74, 6) is 0.444. The molecule has 0 spiro atoms. The van der Waals surface area contributed by atoms with Crippen molar-refractivity contribution in [1.29, 1.82) is 0 Å². The predicted octanol–water partition coefficient (Wildman–Crippen LogP) is 1.69. The molecule has 0 atom stereocenters. The first-order chi connectivity index (χ1) is 11.0. The molecule has 0 aliphatic rings.